The van der Waals surface area contributed by atoms with E-state index in [-0.39, 0.29) is 0 Å². The van der Waals surface area contributed by atoms with Crippen LogP contribution in [0.3, 0.4) is 0 Å². The number of hydrogen-bond donors (Lipinski definition) is 2. The standard InChI is InChI=1S/C13H17N3O/c1-8(17)13-15-11-7-9(14)5-6-12(11)16(13)10-3-2-4-10/h5-8,10,17H,2-4,14H2,1H3. The molecule has 0 amide bonds. The van der Waals surface area contributed by atoms with Gasteiger partial charge in [-0.1, -0.05) is 0 Å². The summed E-state index contributed by atoms with van der Waals surface area (Å²) < 4.78 is 2.18. The Balaban J connectivity index is 2.23. The van der Waals surface area contributed by atoms with Gasteiger partial charge in [0.1, 0.15) is 11.9 Å². The van der Waals surface area contributed by atoms with Gasteiger partial charge in [0.15, 0.2) is 0 Å². The summed E-state index contributed by atoms with van der Waals surface area (Å²) in [6.07, 6.45) is 3.08. The number of aliphatic hydroxyl groups excluding tert-OH is 1. The summed E-state index contributed by atoms with van der Waals surface area (Å²) >= 11 is 0. The fourth-order valence-electron chi connectivity index (χ4n) is 2.46. The number of nitrogen functional groups attached to an aromatic ring is 1. The van der Waals surface area contributed by atoms with E-state index in [0.29, 0.717) is 11.7 Å². The molecule has 1 aromatic carbocycles. The highest BCUT2D eigenvalue weighted by Crippen LogP contribution is 2.37. The minimum atomic E-state index is -0.538. The van der Waals surface area contributed by atoms with Gasteiger partial charge in [-0.3, -0.25) is 0 Å². The second kappa shape index (κ2) is 3.74. The quantitative estimate of drug-likeness (QED) is 0.780. The van der Waals surface area contributed by atoms with Gasteiger partial charge in [-0.15, -0.1) is 0 Å². The molecule has 1 heterocycles. The molecule has 3 N–H and O–H groups in total. The highest BCUT2D eigenvalue weighted by molar-refractivity contribution is 5.80. The molecule has 4 nitrogen and oxygen atoms in total. The molecule has 0 saturated heterocycles. The monoisotopic (exact) mass is 231 g/mol. The van der Waals surface area contributed by atoms with Gasteiger partial charge in [0.2, 0.25) is 0 Å². The summed E-state index contributed by atoms with van der Waals surface area (Å²) in [5.74, 6) is 0.760. The molecule has 3 rings (SSSR count). The molecule has 0 aliphatic heterocycles. The second-order valence-electron chi connectivity index (χ2n) is 4.85. The molecule has 1 aromatic heterocycles. The first-order valence-electron chi connectivity index (χ1n) is 6.12. The Morgan fingerprint density at radius 2 is 2.24 bits per heavy atom. The van der Waals surface area contributed by atoms with E-state index in [0.717, 1.165) is 16.9 Å². The molecule has 1 aliphatic rings. The highest BCUT2D eigenvalue weighted by Gasteiger charge is 2.26. The average Bonchev–Trinajstić information content (AvgIpc) is 2.54. The third-order valence-corrected chi connectivity index (χ3v) is 3.55. The molecular weight excluding hydrogens is 214 g/mol. The summed E-state index contributed by atoms with van der Waals surface area (Å²) in [5.41, 5.74) is 8.45. The van der Waals surface area contributed by atoms with Gasteiger partial charge in [-0.2, -0.15) is 0 Å². The average molecular weight is 231 g/mol. The molecule has 1 aliphatic carbocycles. The van der Waals surface area contributed by atoms with Crippen molar-refractivity contribution in [1.82, 2.24) is 9.55 Å². The van der Waals surface area contributed by atoms with E-state index in [1.807, 2.05) is 18.2 Å². The molecule has 0 spiro atoms. The van der Waals surface area contributed by atoms with Gasteiger partial charge >= 0.3 is 0 Å². The van der Waals surface area contributed by atoms with Crippen molar-refractivity contribution in [3.8, 4) is 0 Å². The topological polar surface area (TPSA) is 64.1 Å². The lowest BCUT2D eigenvalue weighted by Crippen LogP contribution is -2.20. The van der Waals surface area contributed by atoms with Crippen molar-refractivity contribution in [2.45, 2.75) is 38.3 Å². The fourth-order valence-corrected chi connectivity index (χ4v) is 2.46. The fraction of sp³-hybridized carbons (Fsp3) is 0.462. The molecule has 90 valence electrons. The molecule has 4 heteroatoms. The van der Waals surface area contributed by atoms with Crippen LogP contribution in [0.25, 0.3) is 11.0 Å². The van der Waals surface area contributed by atoms with Crippen molar-refractivity contribution >= 4 is 16.7 Å². The summed E-state index contributed by atoms with van der Waals surface area (Å²) in [6.45, 7) is 1.76. The normalized spacial score (nSPS) is 18.2. The van der Waals surface area contributed by atoms with Crippen LogP contribution < -0.4 is 5.73 Å². The van der Waals surface area contributed by atoms with E-state index in [1.54, 1.807) is 6.92 Å². The van der Waals surface area contributed by atoms with E-state index >= 15 is 0 Å². The van der Waals surface area contributed by atoms with Gasteiger partial charge in [-0.05, 0) is 44.4 Å². The minimum absolute atomic E-state index is 0.494. The largest absolute Gasteiger partial charge is 0.399 e. The number of hydrogen-bond acceptors (Lipinski definition) is 3. The molecule has 0 bridgehead atoms. The maximum Gasteiger partial charge on any atom is 0.138 e. The Kier molecular flexibility index (Phi) is 2.33. The third-order valence-electron chi connectivity index (χ3n) is 3.55. The molecule has 1 atom stereocenters. The first kappa shape index (κ1) is 10.6. The maximum atomic E-state index is 9.83. The molecule has 2 aromatic rings. The predicted molar refractivity (Wildman–Crippen MR) is 67.7 cm³/mol. The van der Waals surface area contributed by atoms with Gasteiger partial charge in [0.25, 0.3) is 0 Å². The number of benzene rings is 1. The Morgan fingerprint density at radius 1 is 1.47 bits per heavy atom. The zero-order chi connectivity index (χ0) is 12.0. The summed E-state index contributed by atoms with van der Waals surface area (Å²) in [5, 5.41) is 9.83. The molecule has 1 fully saturated rings. The number of aromatic nitrogens is 2. The second-order valence-corrected chi connectivity index (χ2v) is 4.85. The summed E-state index contributed by atoms with van der Waals surface area (Å²) in [7, 11) is 0. The van der Waals surface area contributed by atoms with Crippen LogP contribution in [0.1, 0.15) is 44.2 Å². The van der Waals surface area contributed by atoms with E-state index in [1.165, 1.54) is 19.3 Å². The van der Waals surface area contributed by atoms with Crippen LogP contribution in [-0.2, 0) is 0 Å². The van der Waals surface area contributed by atoms with Gasteiger partial charge < -0.3 is 15.4 Å². The predicted octanol–water partition coefficient (Wildman–Crippen LogP) is 2.40. The number of fused-ring (bicyclic) bond motifs is 1. The Labute approximate surface area is 100 Å². The van der Waals surface area contributed by atoms with Gasteiger partial charge in [0.05, 0.1) is 11.0 Å². The molecule has 1 saturated carbocycles. The lowest BCUT2D eigenvalue weighted by atomic mass is 9.92. The molecule has 17 heavy (non-hydrogen) atoms. The molecule has 0 radical (unpaired) electrons. The van der Waals surface area contributed by atoms with Crippen LogP contribution in [0, 0.1) is 0 Å². The smallest absolute Gasteiger partial charge is 0.138 e. The maximum absolute atomic E-state index is 9.83. The van der Waals surface area contributed by atoms with Crippen LogP contribution in [0.5, 0.6) is 0 Å². The lowest BCUT2D eigenvalue weighted by molar-refractivity contribution is 0.174. The number of aliphatic hydroxyl groups is 1. The number of rotatable bonds is 2. The van der Waals surface area contributed by atoms with Crippen molar-refractivity contribution in [2.24, 2.45) is 0 Å². The van der Waals surface area contributed by atoms with Crippen LogP contribution in [0.4, 0.5) is 5.69 Å². The SMILES string of the molecule is CC(O)c1nc2cc(N)ccc2n1C1CCC1. The summed E-state index contributed by atoms with van der Waals surface area (Å²) in [4.78, 5) is 4.51. The Bertz CT molecular complexity index is 555. The van der Waals surface area contributed by atoms with E-state index < -0.39 is 6.10 Å². The van der Waals surface area contributed by atoms with Crippen molar-refractivity contribution in [3.05, 3.63) is 24.0 Å². The number of imidazole rings is 1. The highest BCUT2D eigenvalue weighted by atomic mass is 16.3. The lowest BCUT2D eigenvalue weighted by Gasteiger charge is -2.29. The Morgan fingerprint density at radius 3 is 2.82 bits per heavy atom. The summed E-state index contributed by atoms with van der Waals surface area (Å²) in [6, 6.07) is 6.26. The zero-order valence-electron chi connectivity index (χ0n) is 9.93. The first-order valence-corrected chi connectivity index (χ1v) is 6.12. The minimum Gasteiger partial charge on any atom is -0.399 e. The number of nitrogens with zero attached hydrogens (tertiary/aromatic N) is 2. The van der Waals surface area contributed by atoms with Crippen molar-refractivity contribution in [2.75, 3.05) is 5.73 Å². The number of nitrogens with two attached hydrogens (primary N) is 1. The third kappa shape index (κ3) is 1.60. The molecular formula is C13H17N3O. The van der Waals surface area contributed by atoms with Crippen molar-refractivity contribution in [3.63, 3.8) is 0 Å². The van der Waals surface area contributed by atoms with Gasteiger partial charge in [-0.25, -0.2) is 4.98 Å². The zero-order valence-corrected chi connectivity index (χ0v) is 9.93. The van der Waals surface area contributed by atoms with E-state index in [4.69, 9.17) is 5.73 Å². The number of anilines is 1. The van der Waals surface area contributed by atoms with Gasteiger partial charge in [0, 0.05) is 11.7 Å². The van der Waals surface area contributed by atoms with Crippen molar-refractivity contribution < 1.29 is 5.11 Å². The molecule has 1 unspecified atom stereocenters. The van der Waals surface area contributed by atoms with Crippen LogP contribution in [0.15, 0.2) is 18.2 Å². The first-order chi connectivity index (χ1) is 8.16. The van der Waals surface area contributed by atoms with Crippen LogP contribution in [0.2, 0.25) is 0 Å². The van der Waals surface area contributed by atoms with E-state index in [9.17, 15) is 5.11 Å². The van der Waals surface area contributed by atoms with E-state index in [2.05, 4.69) is 9.55 Å². The van der Waals surface area contributed by atoms with Crippen LogP contribution in [-0.4, -0.2) is 14.7 Å². The van der Waals surface area contributed by atoms with Crippen LogP contribution >= 0.6 is 0 Å². The Hall–Kier alpha value is -1.55. The van der Waals surface area contributed by atoms with Crippen molar-refractivity contribution in [1.29, 1.82) is 0 Å².